The van der Waals surface area contributed by atoms with Crippen LogP contribution in [0.2, 0.25) is 5.02 Å². The molecule has 1 unspecified atom stereocenters. The molecular formula is C30H32ClF4N3O3. The number of pyridine rings is 1. The first-order valence-electron chi connectivity index (χ1n) is 13.1. The number of halogens is 5. The lowest BCUT2D eigenvalue weighted by atomic mass is 9.87. The number of aromatic nitrogens is 1. The fraction of sp³-hybridized carbons (Fsp3) is 0.400. The first kappa shape index (κ1) is 30.7. The number of amides is 1. The van der Waals surface area contributed by atoms with Crippen LogP contribution in [0.15, 0.2) is 60.7 Å². The van der Waals surface area contributed by atoms with Crippen LogP contribution >= 0.6 is 11.6 Å². The number of nitrogens with one attached hydrogen (secondary N) is 1. The number of hydrogen-bond donors (Lipinski definition) is 2. The fourth-order valence-electron chi connectivity index (χ4n) is 4.55. The van der Waals surface area contributed by atoms with Crippen molar-refractivity contribution in [3.8, 4) is 11.3 Å². The molecule has 1 saturated heterocycles. The summed E-state index contributed by atoms with van der Waals surface area (Å²) in [5.74, 6) is -0.813. The third kappa shape index (κ3) is 7.55. The Bertz CT molecular complexity index is 1380. The van der Waals surface area contributed by atoms with Crippen LogP contribution in [0, 0.1) is 5.82 Å². The molecule has 6 nitrogen and oxygen atoms in total. The van der Waals surface area contributed by atoms with Gasteiger partial charge < -0.3 is 20.1 Å². The van der Waals surface area contributed by atoms with Crippen molar-refractivity contribution in [1.29, 1.82) is 0 Å². The van der Waals surface area contributed by atoms with Crippen LogP contribution in [0.25, 0.3) is 11.3 Å². The van der Waals surface area contributed by atoms with Crippen LogP contribution in [0.4, 0.5) is 22.4 Å². The highest BCUT2D eigenvalue weighted by molar-refractivity contribution is 6.31. The number of aliphatic hydroxyl groups is 1. The van der Waals surface area contributed by atoms with Gasteiger partial charge in [0.05, 0.1) is 23.0 Å². The molecule has 0 bridgehead atoms. The minimum absolute atomic E-state index is 0.0853. The molecule has 0 aliphatic carbocycles. The molecule has 2 heterocycles. The second-order valence-electron chi connectivity index (χ2n) is 11.2. The fourth-order valence-corrected chi connectivity index (χ4v) is 4.73. The Kier molecular flexibility index (Phi) is 8.96. The molecule has 11 heteroatoms. The van der Waals surface area contributed by atoms with E-state index in [-0.39, 0.29) is 22.2 Å². The zero-order valence-corrected chi connectivity index (χ0v) is 23.7. The summed E-state index contributed by atoms with van der Waals surface area (Å²) in [6.07, 6.45) is -5.49. The van der Waals surface area contributed by atoms with E-state index >= 15 is 0 Å². The van der Waals surface area contributed by atoms with Gasteiger partial charge in [-0.1, -0.05) is 41.9 Å². The predicted octanol–water partition coefficient (Wildman–Crippen LogP) is 6.46. The van der Waals surface area contributed by atoms with Crippen molar-refractivity contribution >= 4 is 17.7 Å². The summed E-state index contributed by atoms with van der Waals surface area (Å²) in [7, 11) is 0. The number of rotatable bonds is 8. The molecule has 1 aliphatic rings. The summed E-state index contributed by atoms with van der Waals surface area (Å²) in [5.41, 5.74) is -3.10. The number of carbonyl (C=O) groups excluding carboxylic acids is 1. The second kappa shape index (κ2) is 12.0. The van der Waals surface area contributed by atoms with Gasteiger partial charge >= 0.3 is 12.3 Å². The Labute approximate surface area is 241 Å². The topological polar surface area (TPSA) is 74.7 Å². The highest BCUT2D eigenvalue weighted by atomic mass is 35.5. The van der Waals surface area contributed by atoms with E-state index in [4.69, 9.17) is 16.3 Å². The van der Waals surface area contributed by atoms with E-state index in [1.807, 2.05) is 35.6 Å². The summed E-state index contributed by atoms with van der Waals surface area (Å²) in [5, 5.41) is 12.9. The molecule has 4 rings (SSSR count). The van der Waals surface area contributed by atoms with Gasteiger partial charge in [-0.15, -0.1) is 0 Å². The monoisotopic (exact) mass is 593 g/mol. The lowest BCUT2D eigenvalue weighted by Gasteiger charge is -2.40. The van der Waals surface area contributed by atoms with Gasteiger partial charge in [0.25, 0.3) is 0 Å². The van der Waals surface area contributed by atoms with E-state index < -0.39 is 41.5 Å². The van der Waals surface area contributed by atoms with Crippen molar-refractivity contribution in [2.45, 2.75) is 50.5 Å². The van der Waals surface area contributed by atoms with Crippen molar-refractivity contribution in [1.82, 2.24) is 15.2 Å². The maximum atomic E-state index is 14.4. The molecule has 220 valence electrons. The molecule has 0 radical (unpaired) electrons. The Balaban J connectivity index is 1.64. The van der Waals surface area contributed by atoms with Gasteiger partial charge in [-0.25, -0.2) is 14.2 Å². The third-order valence-electron chi connectivity index (χ3n) is 6.83. The van der Waals surface area contributed by atoms with Crippen LogP contribution in [-0.2, 0) is 16.8 Å². The normalized spacial score (nSPS) is 16.1. The summed E-state index contributed by atoms with van der Waals surface area (Å²) in [4.78, 5) is 18.5. The average Bonchev–Trinajstić information content (AvgIpc) is 2.86. The smallest absolute Gasteiger partial charge is 0.424 e. The lowest BCUT2D eigenvalue weighted by molar-refractivity contribution is -0.265. The van der Waals surface area contributed by atoms with Crippen LogP contribution in [-0.4, -0.2) is 59.0 Å². The number of alkyl carbamates (subject to hydrolysis) is 1. The van der Waals surface area contributed by atoms with Crippen molar-refractivity contribution in [2.75, 3.05) is 26.2 Å². The Hall–Kier alpha value is -3.21. The molecule has 1 aliphatic heterocycles. The average molecular weight is 594 g/mol. The van der Waals surface area contributed by atoms with E-state index in [0.717, 1.165) is 19.0 Å². The van der Waals surface area contributed by atoms with Crippen molar-refractivity contribution in [2.24, 2.45) is 0 Å². The maximum Gasteiger partial charge on any atom is 0.424 e. The number of carbonyl (C=O) groups is 1. The molecular weight excluding hydrogens is 562 g/mol. The van der Waals surface area contributed by atoms with E-state index in [1.165, 1.54) is 23.8 Å². The largest absolute Gasteiger partial charge is 0.444 e. The number of benzene rings is 2. The quantitative estimate of drug-likeness (QED) is 0.293. The van der Waals surface area contributed by atoms with E-state index in [2.05, 4.69) is 9.88 Å². The van der Waals surface area contributed by atoms with Gasteiger partial charge in [0.15, 0.2) is 0 Å². The molecule has 1 amide bonds. The molecule has 0 spiro atoms. The molecule has 1 aromatic heterocycles. The SMILES string of the molecule is CC(C)(C)OC(=O)NCC(O)(c1cc(C2CN(CCc3ccccc3)C2)cc(-c2ccc(F)c(Cl)c2)n1)C(F)(F)F. The zero-order chi connectivity index (χ0) is 30.0. The maximum absolute atomic E-state index is 14.4. The minimum atomic E-state index is -5.20. The Morgan fingerprint density at radius 3 is 2.39 bits per heavy atom. The number of ether oxygens (including phenoxy) is 1. The molecule has 0 saturated carbocycles. The van der Waals surface area contributed by atoms with Crippen LogP contribution < -0.4 is 5.32 Å². The number of nitrogens with zero attached hydrogens (tertiary/aromatic N) is 2. The van der Waals surface area contributed by atoms with Gasteiger partial charge in [0, 0.05) is 31.1 Å². The zero-order valence-electron chi connectivity index (χ0n) is 22.9. The summed E-state index contributed by atoms with van der Waals surface area (Å²) in [6.45, 7) is 5.45. The molecule has 2 N–H and O–H groups in total. The Morgan fingerprint density at radius 2 is 1.78 bits per heavy atom. The standard InChI is InChI=1S/C30H32ClF4N3O3/c1-28(2,3)41-27(39)36-18-29(40,30(33,34)35)26-15-21(14-25(37-26)20-9-10-24(32)23(31)13-20)22-16-38(17-22)12-11-19-7-5-4-6-8-19/h4-10,13-15,22,40H,11-12,16-18H2,1-3H3,(H,36,39). The number of likely N-dealkylation sites (tertiary alicyclic amines) is 1. The molecule has 1 atom stereocenters. The highest BCUT2D eigenvalue weighted by Gasteiger charge is 2.57. The van der Waals surface area contributed by atoms with Gasteiger partial charge in [-0.3, -0.25) is 0 Å². The van der Waals surface area contributed by atoms with Gasteiger partial charge in [0.2, 0.25) is 5.60 Å². The molecule has 1 fully saturated rings. The van der Waals surface area contributed by atoms with Crippen LogP contribution in [0.1, 0.15) is 43.5 Å². The summed E-state index contributed by atoms with van der Waals surface area (Å²) in [6, 6.07) is 16.5. The number of hydrogen-bond acceptors (Lipinski definition) is 5. The molecule has 41 heavy (non-hydrogen) atoms. The second-order valence-corrected chi connectivity index (χ2v) is 11.6. The van der Waals surface area contributed by atoms with Gasteiger partial charge in [-0.2, -0.15) is 13.2 Å². The third-order valence-corrected chi connectivity index (χ3v) is 7.12. The predicted molar refractivity (Wildman–Crippen MR) is 148 cm³/mol. The molecule has 2 aromatic carbocycles. The molecule has 3 aromatic rings. The summed E-state index contributed by atoms with van der Waals surface area (Å²) >= 11 is 5.95. The van der Waals surface area contributed by atoms with Crippen LogP contribution in [0.3, 0.4) is 0 Å². The van der Waals surface area contributed by atoms with E-state index in [1.54, 1.807) is 26.8 Å². The van der Waals surface area contributed by atoms with Crippen molar-refractivity contribution < 1.29 is 32.2 Å². The van der Waals surface area contributed by atoms with Gasteiger partial charge in [0.1, 0.15) is 11.4 Å². The number of alkyl halides is 3. The van der Waals surface area contributed by atoms with E-state index in [9.17, 15) is 27.5 Å². The Morgan fingerprint density at radius 1 is 1.10 bits per heavy atom. The highest BCUT2D eigenvalue weighted by Crippen LogP contribution is 2.41. The summed E-state index contributed by atoms with van der Waals surface area (Å²) < 4.78 is 62.2. The first-order chi connectivity index (χ1) is 19.1. The van der Waals surface area contributed by atoms with Crippen molar-refractivity contribution in [3.05, 3.63) is 88.3 Å². The van der Waals surface area contributed by atoms with Gasteiger partial charge in [-0.05, 0) is 68.7 Å². The van der Waals surface area contributed by atoms with Crippen molar-refractivity contribution in [3.63, 3.8) is 0 Å². The minimum Gasteiger partial charge on any atom is -0.444 e. The van der Waals surface area contributed by atoms with E-state index in [0.29, 0.717) is 18.7 Å². The first-order valence-corrected chi connectivity index (χ1v) is 13.5. The lowest BCUT2D eigenvalue weighted by Crippen LogP contribution is -2.52. The van der Waals surface area contributed by atoms with Crippen LogP contribution in [0.5, 0.6) is 0 Å².